The van der Waals surface area contributed by atoms with Crippen LogP contribution in [0.2, 0.25) is 0 Å². The highest BCUT2D eigenvalue weighted by Crippen LogP contribution is 2.21. The van der Waals surface area contributed by atoms with Gasteiger partial charge in [0.15, 0.2) is 0 Å². The van der Waals surface area contributed by atoms with E-state index in [0.29, 0.717) is 6.42 Å². The summed E-state index contributed by atoms with van der Waals surface area (Å²) in [4.78, 5) is 0. The molecule has 0 unspecified atom stereocenters. The number of fused-ring (bicyclic) bond motifs is 1. The number of hydrogen-bond donors (Lipinski definition) is 2. The third-order valence-corrected chi connectivity index (χ3v) is 2.81. The largest absolute Gasteiger partial charge is 0.409 e. The van der Waals surface area contributed by atoms with E-state index >= 15 is 0 Å². The van der Waals surface area contributed by atoms with Crippen LogP contribution in [-0.2, 0) is 6.42 Å². The first-order valence-electron chi connectivity index (χ1n) is 5.16. The van der Waals surface area contributed by atoms with Crippen molar-refractivity contribution < 1.29 is 5.21 Å². The Hall–Kier alpha value is -2.03. The maximum atomic E-state index is 8.56. The lowest BCUT2D eigenvalue weighted by atomic mass is 9.98. The molecular formula is C13H14N2O. The number of benzene rings is 2. The van der Waals surface area contributed by atoms with E-state index in [1.54, 1.807) is 0 Å². The minimum absolute atomic E-state index is 0.235. The van der Waals surface area contributed by atoms with Gasteiger partial charge in [-0.25, -0.2) is 0 Å². The van der Waals surface area contributed by atoms with Crippen LogP contribution in [0.15, 0.2) is 41.6 Å². The molecule has 0 aliphatic carbocycles. The van der Waals surface area contributed by atoms with Crippen LogP contribution in [0.3, 0.4) is 0 Å². The molecule has 0 radical (unpaired) electrons. The molecule has 0 heterocycles. The second kappa shape index (κ2) is 4.23. The molecule has 2 aromatic carbocycles. The van der Waals surface area contributed by atoms with E-state index in [9.17, 15) is 0 Å². The molecule has 82 valence electrons. The van der Waals surface area contributed by atoms with Gasteiger partial charge in [-0.1, -0.05) is 41.6 Å². The van der Waals surface area contributed by atoms with Crippen molar-refractivity contribution in [2.45, 2.75) is 13.3 Å². The zero-order valence-electron chi connectivity index (χ0n) is 9.14. The molecule has 0 amide bonds. The monoisotopic (exact) mass is 214 g/mol. The number of hydrogen-bond acceptors (Lipinski definition) is 2. The van der Waals surface area contributed by atoms with Crippen LogP contribution in [0.25, 0.3) is 10.8 Å². The van der Waals surface area contributed by atoms with Crippen LogP contribution < -0.4 is 5.73 Å². The van der Waals surface area contributed by atoms with Crippen molar-refractivity contribution >= 4 is 16.6 Å². The van der Waals surface area contributed by atoms with Gasteiger partial charge >= 0.3 is 0 Å². The lowest BCUT2D eigenvalue weighted by molar-refractivity contribution is 0.317. The van der Waals surface area contributed by atoms with E-state index in [-0.39, 0.29) is 5.84 Å². The van der Waals surface area contributed by atoms with E-state index in [1.807, 2.05) is 18.2 Å². The summed E-state index contributed by atoms with van der Waals surface area (Å²) in [6, 6.07) is 12.3. The standard InChI is InChI=1S/C13H14N2O/c1-9-11(8-13(14)15-16)7-6-10-4-2-3-5-12(9)10/h2-7,16H,8H2,1H3,(H2,14,15). The number of aryl methyl sites for hydroxylation is 1. The molecule has 0 bridgehead atoms. The third-order valence-electron chi connectivity index (χ3n) is 2.81. The molecule has 0 saturated heterocycles. The predicted molar refractivity (Wildman–Crippen MR) is 65.8 cm³/mol. The molecule has 0 aliphatic heterocycles. The van der Waals surface area contributed by atoms with Crippen LogP contribution in [0.5, 0.6) is 0 Å². The Morgan fingerprint density at radius 1 is 1.25 bits per heavy atom. The van der Waals surface area contributed by atoms with Gasteiger partial charge in [-0.3, -0.25) is 0 Å². The molecule has 0 fully saturated rings. The summed E-state index contributed by atoms with van der Waals surface area (Å²) in [5.41, 5.74) is 7.79. The number of nitrogens with zero attached hydrogens (tertiary/aromatic N) is 1. The van der Waals surface area contributed by atoms with Crippen LogP contribution in [0.1, 0.15) is 11.1 Å². The van der Waals surface area contributed by atoms with Gasteiger partial charge < -0.3 is 10.9 Å². The Kier molecular flexibility index (Phi) is 2.77. The van der Waals surface area contributed by atoms with Crippen molar-refractivity contribution in [3.05, 3.63) is 47.5 Å². The molecule has 0 spiro atoms. The van der Waals surface area contributed by atoms with Gasteiger partial charge in [0.05, 0.1) is 0 Å². The Bertz CT molecular complexity index is 547. The first-order valence-corrected chi connectivity index (χ1v) is 5.16. The molecule has 16 heavy (non-hydrogen) atoms. The molecule has 0 aliphatic rings. The van der Waals surface area contributed by atoms with Gasteiger partial charge in [0.1, 0.15) is 5.84 Å². The van der Waals surface area contributed by atoms with Crippen molar-refractivity contribution in [2.24, 2.45) is 10.9 Å². The number of amidine groups is 1. The maximum Gasteiger partial charge on any atom is 0.143 e. The highest BCUT2D eigenvalue weighted by atomic mass is 16.4. The summed E-state index contributed by atoms with van der Waals surface area (Å²) in [7, 11) is 0. The Morgan fingerprint density at radius 3 is 2.75 bits per heavy atom. The second-order valence-electron chi connectivity index (χ2n) is 3.84. The van der Waals surface area contributed by atoms with Gasteiger partial charge in [-0.05, 0) is 28.8 Å². The van der Waals surface area contributed by atoms with Gasteiger partial charge in [0.2, 0.25) is 0 Å². The molecule has 0 atom stereocenters. The van der Waals surface area contributed by atoms with Gasteiger partial charge in [-0.2, -0.15) is 0 Å². The third kappa shape index (κ3) is 1.84. The Labute approximate surface area is 94.2 Å². The maximum absolute atomic E-state index is 8.56. The molecule has 0 saturated carbocycles. The zero-order chi connectivity index (χ0) is 11.5. The van der Waals surface area contributed by atoms with Gasteiger partial charge in [0.25, 0.3) is 0 Å². The molecular weight excluding hydrogens is 200 g/mol. The lowest BCUT2D eigenvalue weighted by Crippen LogP contribution is -2.15. The van der Waals surface area contributed by atoms with E-state index in [4.69, 9.17) is 10.9 Å². The Balaban J connectivity index is 2.52. The fraction of sp³-hybridized carbons (Fsp3) is 0.154. The second-order valence-corrected chi connectivity index (χ2v) is 3.84. The van der Waals surface area contributed by atoms with Gasteiger partial charge in [-0.15, -0.1) is 0 Å². The quantitative estimate of drug-likeness (QED) is 0.349. The average molecular weight is 214 g/mol. The van der Waals surface area contributed by atoms with Crippen LogP contribution in [0.4, 0.5) is 0 Å². The highest BCUT2D eigenvalue weighted by Gasteiger charge is 2.04. The van der Waals surface area contributed by atoms with Crippen LogP contribution >= 0.6 is 0 Å². The van der Waals surface area contributed by atoms with Crippen molar-refractivity contribution in [1.29, 1.82) is 0 Å². The fourth-order valence-corrected chi connectivity index (χ4v) is 1.89. The average Bonchev–Trinajstić information content (AvgIpc) is 2.33. The van der Waals surface area contributed by atoms with Crippen molar-refractivity contribution in [1.82, 2.24) is 0 Å². The van der Waals surface area contributed by atoms with Crippen LogP contribution in [0, 0.1) is 6.92 Å². The van der Waals surface area contributed by atoms with Crippen molar-refractivity contribution in [2.75, 3.05) is 0 Å². The molecule has 2 aromatic rings. The fourth-order valence-electron chi connectivity index (χ4n) is 1.89. The molecule has 0 aromatic heterocycles. The van der Waals surface area contributed by atoms with E-state index in [1.165, 1.54) is 16.3 Å². The predicted octanol–water partition coefficient (Wildman–Crippen LogP) is 2.44. The number of oxime groups is 1. The smallest absolute Gasteiger partial charge is 0.143 e. The summed E-state index contributed by atoms with van der Waals surface area (Å²) < 4.78 is 0. The zero-order valence-corrected chi connectivity index (χ0v) is 9.14. The lowest BCUT2D eigenvalue weighted by Gasteiger charge is -2.08. The van der Waals surface area contributed by atoms with E-state index < -0.39 is 0 Å². The van der Waals surface area contributed by atoms with E-state index in [2.05, 4.69) is 30.3 Å². The first-order chi connectivity index (χ1) is 7.72. The summed E-state index contributed by atoms with van der Waals surface area (Å²) in [6.45, 7) is 2.06. The van der Waals surface area contributed by atoms with E-state index in [0.717, 1.165) is 5.56 Å². The Morgan fingerprint density at radius 2 is 2.00 bits per heavy atom. The summed E-state index contributed by atoms with van der Waals surface area (Å²) in [6.07, 6.45) is 0.479. The molecule has 3 nitrogen and oxygen atoms in total. The summed E-state index contributed by atoms with van der Waals surface area (Å²) in [5.74, 6) is 0.235. The molecule has 2 rings (SSSR count). The highest BCUT2D eigenvalue weighted by molar-refractivity contribution is 5.89. The normalized spacial score (nSPS) is 11.9. The molecule has 3 heteroatoms. The minimum Gasteiger partial charge on any atom is -0.409 e. The van der Waals surface area contributed by atoms with Gasteiger partial charge in [0, 0.05) is 6.42 Å². The van der Waals surface area contributed by atoms with Crippen molar-refractivity contribution in [3.8, 4) is 0 Å². The molecule has 3 N–H and O–H groups in total. The first kappa shape index (κ1) is 10.5. The minimum atomic E-state index is 0.235. The SMILES string of the molecule is Cc1c(CC(N)=NO)ccc2ccccc12. The topological polar surface area (TPSA) is 58.6 Å². The number of rotatable bonds is 2. The summed E-state index contributed by atoms with van der Waals surface area (Å²) >= 11 is 0. The van der Waals surface area contributed by atoms with Crippen LogP contribution in [-0.4, -0.2) is 11.0 Å². The number of nitrogens with two attached hydrogens (primary N) is 1. The van der Waals surface area contributed by atoms with Crippen molar-refractivity contribution in [3.63, 3.8) is 0 Å². The summed E-state index contributed by atoms with van der Waals surface area (Å²) in [5, 5.41) is 14.0.